The first-order valence-corrected chi connectivity index (χ1v) is 14.2. The molecule has 2 aromatic heterocycles. The van der Waals surface area contributed by atoms with Gasteiger partial charge in [0.05, 0.1) is 25.1 Å². The van der Waals surface area contributed by atoms with Crippen LogP contribution in [-0.2, 0) is 28.9 Å². The SMILES string of the molecule is O=C(C1CCCCC1)N1CCN(c2nc(CN3CCOCC3)nc3sc4c(c23)CCCC4)CC1. The van der Waals surface area contributed by atoms with Crippen LogP contribution < -0.4 is 4.90 Å². The normalized spacial score (nSPS) is 22.8. The number of fused-ring (bicyclic) bond motifs is 3. The van der Waals surface area contributed by atoms with E-state index in [-0.39, 0.29) is 5.92 Å². The summed E-state index contributed by atoms with van der Waals surface area (Å²) >= 11 is 1.89. The first-order valence-electron chi connectivity index (χ1n) is 13.4. The molecule has 34 heavy (non-hydrogen) atoms. The Kier molecular flexibility index (Phi) is 6.72. The van der Waals surface area contributed by atoms with Crippen molar-refractivity contribution in [3.05, 3.63) is 16.3 Å². The Morgan fingerprint density at radius 2 is 1.68 bits per heavy atom. The van der Waals surface area contributed by atoms with Crippen LogP contribution in [0.25, 0.3) is 10.2 Å². The third kappa shape index (κ3) is 4.56. The molecule has 4 heterocycles. The first-order chi connectivity index (χ1) is 16.8. The molecule has 0 atom stereocenters. The Labute approximate surface area is 206 Å². The Bertz CT molecular complexity index is 1020. The topological polar surface area (TPSA) is 61.8 Å². The van der Waals surface area contributed by atoms with E-state index in [9.17, 15) is 4.79 Å². The van der Waals surface area contributed by atoms with Gasteiger partial charge in [0.1, 0.15) is 16.5 Å². The number of carbonyl (C=O) groups excluding carboxylic acids is 1. The fraction of sp³-hybridized carbons (Fsp3) is 0.731. The lowest BCUT2D eigenvalue weighted by molar-refractivity contribution is -0.136. The summed E-state index contributed by atoms with van der Waals surface area (Å²) in [6, 6.07) is 0. The van der Waals surface area contributed by atoms with E-state index in [1.807, 2.05) is 11.3 Å². The van der Waals surface area contributed by atoms with Crippen LogP contribution in [0.4, 0.5) is 5.82 Å². The van der Waals surface area contributed by atoms with Crippen molar-refractivity contribution >= 4 is 33.3 Å². The molecule has 0 radical (unpaired) electrons. The van der Waals surface area contributed by atoms with Crippen molar-refractivity contribution in [1.82, 2.24) is 19.8 Å². The molecule has 1 saturated carbocycles. The van der Waals surface area contributed by atoms with E-state index in [1.54, 1.807) is 0 Å². The molecule has 7 nitrogen and oxygen atoms in total. The van der Waals surface area contributed by atoms with Gasteiger partial charge in [0, 0.05) is 50.1 Å². The second-order valence-electron chi connectivity index (χ2n) is 10.4. The Morgan fingerprint density at radius 3 is 2.47 bits per heavy atom. The van der Waals surface area contributed by atoms with Gasteiger partial charge in [-0.15, -0.1) is 11.3 Å². The van der Waals surface area contributed by atoms with Crippen molar-refractivity contribution in [3.8, 4) is 0 Å². The van der Waals surface area contributed by atoms with Crippen LogP contribution in [0.3, 0.4) is 0 Å². The summed E-state index contributed by atoms with van der Waals surface area (Å²) in [6.45, 7) is 7.61. The quantitative estimate of drug-likeness (QED) is 0.662. The van der Waals surface area contributed by atoms with Crippen LogP contribution >= 0.6 is 11.3 Å². The van der Waals surface area contributed by atoms with Gasteiger partial charge >= 0.3 is 0 Å². The number of amides is 1. The van der Waals surface area contributed by atoms with Crippen molar-refractivity contribution in [1.29, 1.82) is 0 Å². The summed E-state index contributed by atoms with van der Waals surface area (Å²) in [7, 11) is 0. The van der Waals surface area contributed by atoms with Gasteiger partial charge in [0.25, 0.3) is 0 Å². The van der Waals surface area contributed by atoms with E-state index in [4.69, 9.17) is 14.7 Å². The minimum atomic E-state index is 0.259. The van der Waals surface area contributed by atoms with Gasteiger partial charge in [-0.05, 0) is 44.1 Å². The van der Waals surface area contributed by atoms with Crippen LogP contribution in [0.1, 0.15) is 61.2 Å². The maximum Gasteiger partial charge on any atom is 0.225 e. The second kappa shape index (κ2) is 10.1. The van der Waals surface area contributed by atoms with Gasteiger partial charge in [0.2, 0.25) is 5.91 Å². The Morgan fingerprint density at radius 1 is 0.912 bits per heavy atom. The highest BCUT2D eigenvalue weighted by atomic mass is 32.1. The molecule has 2 saturated heterocycles. The van der Waals surface area contributed by atoms with Crippen molar-refractivity contribution in [3.63, 3.8) is 0 Å². The zero-order valence-electron chi connectivity index (χ0n) is 20.3. The average Bonchev–Trinajstić information content (AvgIpc) is 3.27. The molecular weight excluding hydrogens is 446 g/mol. The molecular formula is C26H37N5O2S. The lowest BCUT2D eigenvalue weighted by Crippen LogP contribution is -2.51. The fourth-order valence-corrected chi connectivity index (χ4v) is 7.46. The smallest absolute Gasteiger partial charge is 0.225 e. The molecule has 1 amide bonds. The molecule has 2 aliphatic heterocycles. The summed E-state index contributed by atoms with van der Waals surface area (Å²) in [4.78, 5) is 33.0. The molecule has 184 valence electrons. The van der Waals surface area contributed by atoms with Gasteiger partial charge in [-0.2, -0.15) is 0 Å². The molecule has 0 N–H and O–H groups in total. The third-order valence-corrected chi connectivity index (χ3v) is 9.34. The van der Waals surface area contributed by atoms with Crippen LogP contribution in [0.15, 0.2) is 0 Å². The molecule has 3 fully saturated rings. The van der Waals surface area contributed by atoms with E-state index in [2.05, 4.69) is 14.7 Å². The number of carbonyl (C=O) groups is 1. The predicted molar refractivity (Wildman–Crippen MR) is 136 cm³/mol. The summed E-state index contributed by atoms with van der Waals surface area (Å²) in [6.07, 6.45) is 10.7. The molecule has 4 aliphatic rings. The standard InChI is InChI=1S/C26H37N5O2S/c32-26(19-6-2-1-3-7-19)31-12-10-30(11-13-31)24-23-20-8-4-5-9-21(20)34-25(23)28-22(27-24)18-29-14-16-33-17-15-29/h19H,1-18H2. The summed E-state index contributed by atoms with van der Waals surface area (Å²) < 4.78 is 5.53. The van der Waals surface area contributed by atoms with Crippen LogP contribution in [0.2, 0.25) is 0 Å². The number of aromatic nitrogens is 2. The van der Waals surface area contributed by atoms with Crippen LogP contribution in [0, 0.1) is 5.92 Å². The summed E-state index contributed by atoms with van der Waals surface area (Å²) in [5.41, 5.74) is 1.50. The van der Waals surface area contributed by atoms with Crippen LogP contribution in [0.5, 0.6) is 0 Å². The van der Waals surface area contributed by atoms with Gasteiger partial charge in [-0.3, -0.25) is 9.69 Å². The lowest BCUT2D eigenvalue weighted by Gasteiger charge is -2.38. The Balaban J connectivity index is 1.25. The number of hydrogen-bond acceptors (Lipinski definition) is 7. The number of thiophene rings is 1. The average molecular weight is 484 g/mol. The maximum absolute atomic E-state index is 13.1. The van der Waals surface area contributed by atoms with Gasteiger partial charge < -0.3 is 14.5 Å². The minimum Gasteiger partial charge on any atom is -0.379 e. The largest absolute Gasteiger partial charge is 0.379 e. The molecule has 0 bridgehead atoms. The molecule has 2 aromatic rings. The van der Waals surface area contributed by atoms with Crippen molar-refractivity contribution in [2.24, 2.45) is 5.92 Å². The van der Waals surface area contributed by atoms with Gasteiger partial charge in [-0.25, -0.2) is 9.97 Å². The van der Waals surface area contributed by atoms with Crippen molar-refractivity contribution in [2.45, 2.75) is 64.3 Å². The maximum atomic E-state index is 13.1. The number of piperazine rings is 1. The number of ether oxygens (including phenoxy) is 1. The van der Waals surface area contributed by atoms with E-state index >= 15 is 0 Å². The zero-order valence-corrected chi connectivity index (χ0v) is 21.1. The molecule has 2 aliphatic carbocycles. The third-order valence-electron chi connectivity index (χ3n) is 8.16. The fourth-order valence-electron chi connectivity index (χ4n) is 6.19. The predicted octanol–water partition coefficient (Wildman–Crippen LogP) is 3.63. The molecule has 6 rings (SSSR count). The first kappa shape index (κ1) is 22.7. The van der Waals surface area contributed by atoms with Crippen LogP contribution in [-0.4, -0.2) is 78.2 Å². The van der Waals surface area contributed by atoms with Crippen molar-refractivity contribution < 1.29 is 9.53 Å². The highest BCUT2D eigenvalue weighted by molar-refractivity contribution is 7.19. The Hall–Kier alpha value is -1.77. The minimum absolute atomic E-state index is 0.259. The number of rotatable bonds is 4. The van der Waals surface area contributed by atoms with E-state index in [0.29, 0.717) is 5.91 Å². The molecule has 8 heteroatoms. The van der Waals surface area contributed by atoms with E-state index < -0.39 is 0 Å². The zero-order chi connectivity index (χ0) is 22.9. The van der Waals surface area contributed by atoms with E-state index in [1.165, 1.54) is 59.2 Å². The van der Waals surface area contributed by atoms with Gasteiger partial charge in [0.15, 0.2) is 0 Å². The number of hydrogen-bond donors (Lipinski definition) is 0. The highest BCUT2D eigenvalue weighted by Crippen LogP contribution is 2.40. The molecule has 0 unspecified atom stereocenters. The number of aryl methyl sites for hydroxylation is 2. The molecule has 0 aromatic carbocycles. The van der Waals surface area contributed by atoms with E-state index in [0.717, 1.165) is 89.9 Å². The monoisotopic (exact) mass is 483 g/mol. The lowest BCUT2D eigenvalue weighted by atomic mass is 9.88. The van der Waals surface area contributed by atoms with Gasteiger partial charge in [-0.1, -0.05) is 19.3 Å². The molecule has 0 spiro atoms. The van der Waals surface area contributed by atoms with Crippen molar-refractivity contribution in [2.75, 3.05) is 57.4 Å². The highest BCUT2D eigenvalue weighted by Gasteiger charge is 2.31. The summed E-state index contributed by atoms with van der Waals surface area (Å²) in [5, 5.41) is 1.30. The summed E-state index contributed by atoms with van der Waals surface area (Å²) in [5.74, 6) is 2.71. The second-order valence-corrected chi connectivity index (χ2v) is 11.5. The number of nitrogens with zero attached hydrogens (tertiary/aromatic N) is 5. The number of anilines is 1. The number of morpholine rings is 1.